The van der Waals surface area contributed by atoms with E-state index in [9.17, 15) is 4.79 Å². The van der Waals surface area contributed by atoms with Crippen LogP contribution in [0.2, 0.25) is 0 Å². The van der Waals surface area contributed by atoms with E-state index >= 15 is 0 Å². The van der Waals surface area contributed by atoms with Crippen molar-refractivity contribution in [3.8, 4) is 0 Å². The molecule has 0 aromatic heterocycles. The Bertz CT molecular complexity index is 297. The summed E-state index contributed by atoms with van der Waals surface area (Å²) in [4.78, 5) is 13.5. The van der Waals surface area contributed by atoms with Crippen molar-refractivity contribution in [3.63, 3.8) is 0 Å². The largest absolute Gasteiger partial charge is 0.481 e. The Balaban J connectivity index is 1.79. The zero-order chi connectivity index (χ0) is 13.3. The van der Waals surface area contributed by atoms with E-state index in [1.165, 1.54) is 25.7 Å². The molecule has 3 atom stereocenters. The van der Waals surface area contributed by atoms with E-state index < -0.39 is 5.97 Å². The van der Waals surface area contributed by atoms with Crippen LogP contribution in [0, 0.1) is 23.7 Å². The highest BCUT2D eigenvalue weighted by atomic mass is 16.4. The Morgan fingerprint density at radius 2 is 1.83 bits per heavy atom. The van der Waals surface area contributed by atoms with E-state index in [-0.39, 0.29) is 5.92 Å². The fourth-order valence-electron chi connectivity index (χ4n) is 3.50. The summed E-state index contributed by atoms with van der Waals surface area (Å²) in [6.45, 7) is 8.52. The van der Waals surface area contributed by atoms with Crippen molar-refractivity contribution in [2.24, 2.45) is 23.7 Å². The van der Waals surface area contributed by atoms with Crippen LogP contribution in [0.15, 0.2) is 0 Å². The number of carbonyl (C=O) groups is 1. The lowest BCUT2D eigenvalue weighted by Crippen LogP contribution is -2.56. The van der Waals surface area contributed by atoms with Gasteiger partial charge in [-0.1, -0.05) is 33.6 Å². The number of carboxylic acid groups (broad SMARTS) is 1. The zero-order valence-corrected chi connectivity index (χ0v) is 11.9. The molecular weight excluding hydrogens is 226 g/mol. The molecule has 2 fully saturated rings. The van der Waals surface area contributed by atoms with Gasteiger partial charge in [0.05, 0.1) is 5.92 Å². The number of aliphatic carboxylic acids is 1. The summed E-state index contributed by atoms with van der Waals surface area (Å²) in [5.74, 6) is 1.23. The van der Waals surface area contributed by atoms with Gasteiger partial charge in [-0.25, -0.2) is 0 Å². The highest BCUT2D eigenvalue weighted by Crippen LogP contribution is 2.36. The number of nitrogens with zero attached hydrogens (tertiary/aromatic N) is 1. The molecule has 0 amide bonds. The molecule has 0 aromatic rings. The second-order valence-corrected chi connectivity index (χ2v) is 6.67. The molecule has 0 aromatic carbocycles. The average molecular weight is 253 g/mol. The van der Waals surface area contributed by atoms with Crippen LogP contribution < -0.4 is 0 Å². The van der Waals surface area contributed by atoms with Crippen LogP contribution in [-0.2, 0) is 4.79 Å². The third-order valence-electron chi connectivity index (χ3n) is 5.18. The van der Waals surface area contributed by atoms with Gasteiger partial charge in [-0.05, 0) is 30.6 Å². The summed E-state index contributed by atoms with van der Waals surface area (Å²) < 4.78 is 0. The predicted octanol–water partition coefficient (Wildman–Crippen LogP) is 2.85. The van der Waals surface area contributed by atoms with Crippen molar-refractivity contribution in [2.45, 2.75) is 52.5 Å². The molecule has 2 aliphatic rings. The van der Waals surface area contributed by atoms with E-state index in [2.05, 4.69) is 18.7 Å². The summed E-state index contributed by atoms with van der Waals surface area (Å²) in [6, 6.07) is 0.725. The van der Waals surface area contributed by atoms with Gasteiger partial charge < -0.3 is 5.11 Å². The van der Waals surface area contributed by atoms with Crippen LogP contribution >= 0.6 is 0 Å². The first kappa shape index (κ1) is 13.9. The number of hydrogen-bond donors (Lipinski definition) is 1. The van der Waals surface area contributed by atoms with Gasteiger partial charge in [0.15, 0.2) is 0 Å². The molecule has 104 valence electrons. The monoisotopic (exact) mass is 253 g/mol. The first-order chi connectivity index (χ1) is 8.49. The van der Waals surface area contributed by atoms with E-state index in [0.29, 0.717) is 5.92 Å². The fourth-order valence-corrected chi connectivity index (χ4v) is 3.50. The molecule has 0 radical (unpaired) electrons. The summed E-state index contributed by atoms with van der Waals surface area (Å²) in [6.07, 6.45) is 5.38. The Labute approximate surface area is 111 Å². The zero-order valence-electron chi connectivity index (χ0n) is 11.9. The first-order valence-electron chi connectivity index (χ1n) is 7.46. The molecule has 0 bridgehead atoms. The minimum absolute atomic E-state index is 0.175. The van der Waals surface area contributed by atoms with Crippen molar-refractivity contribution in [1.29, 1.82) is 0 Å². The smallest absolute Gasteiger partial charge is 0.306 e. The van der Waals surface area contributed by atoms with Crippen molar-refractivity contribution in [2.75, 3.05) is 13.1 Å². The third kappa shape index (κ3) is 2.87. The Kier molecular flexibility index (Phi) is 4.31. The maximum atomic E-state index is 10.9. The van der Waals surface area contributed by atoms with Gasteiger partial charge in [-0.3, -0.25) is 9.69 Å². The van der Waals surface area contributed by atoms with Crippen molar-refractivity contribution in [1.82, 2.24) is 4.90 Å². The minimum Gasteiger partial charge on any atom is -0.481 e. The van der Waals surface area contributed by atoms with Gasteiger partial charge in [0, 0.05) is 19.1 Å². The van der Waals surface area contributed by atoms with Gasteiger partial charge in [-0.15, -0.1) is 0 Å². The molecule has 2 rings (SSSR count). The normalized spacial score (nSPS) is 32.2. The van der Waals surface area contributed by atoms with Gasteiger partial charge in [0.2, 0.25) is 0 Å². The van der Waals surface area contributed by atoms with Crippen LogP contribution in [0.1, 0.15) is 46.5 Å². The summed E-state index contributed by atoms with van der Waals surface area (Å²) >= 11 is 0. The molecule has 3 unspecified atom stereocenters. The molecule has 1 saturated carbocycles. The van der Waals surface area contributed by atoms with E-state index in [0.717, 1.165) is 31.0 Å². The summed E-state index contributed by atoms with van der Waals surface area (Å²) in [5.41, 5.74) is 0. The third-order valence-corrected chi connectivity index (χ3v) is 5.18. The maximum absolute atomic E-state index is 10.9. The average Bonchev–Trinajstić information content (AvgIpc) is 2.27. The van der Waals surface area contributed by atoms with Gasteiger partial charge in [0.25, 0.3) is 0 Å². The number of hydrogen-bond acceptors (Lipinski definition) is 2. The Hall–Kier alpha value is -0.570. The molecule has 1 N–H and O–H groups in total. The quantitative estimate of drug-likeness (QED) is 0.837. The molecule has 3 nitrogen and oxygen atoms in total. The van der Waals surface area contributed by atoms with Crippen molar-refractivity contribution >= 4 is 5.97 Å². The summed E-state index contributed by atoms with van der Waals surface area (Å²) in [5, 5.41) is 9.01. The van der Waals surface area contributed by atoms with E-state index in [4.69, 9.17) is 5.11 Å². The Morgan fingerprint density at radius 1 is 1.17 bits per heavy atom. The van der Waals surface area contributed by atoms with Crippen molar-refractivity contribution < 1.29 is 9.90 Å². The predicted molar refractivity (Wildman–Crippen MR) is 72.4 cm³/mol. The molecule has 3 heteroatoms. The first-order valence-corrected chi connectivity index (χ1v) is 7.46. The van der Waals surface area contributed by atoms with Gasteiger partial charge >= 0.3 is 5.97 Å². The van der Waals surface area contributed by atoms with Crippen molar-refractivity contribution in [3.05, 3.63) is 0 Å². The molecule has 1 aliphatic heterocycles. The van der Waals surface area contributed by atoms with Gasteiger partial charge in [0.1, 0.15) is 0 Å². The second-order valence-electron chi connectivity index (χ2n) is 6.67. The highest BCUT2D eigenvalue weighted by molar-refractivity contribution is 5.70. The van der Waals surface area contributed by atoms with Crippen LogP contribution in [0.25, 0.3) is 0 Å². The molecule has 1 heterocycles. The van der Waals surface area contributed by atoms with Crippen LogP contribution in [0.3, 0.4) is 0 Å². The molecular formula is C15H27NO2. The number of likely N-dealkylation sites (tertiary alicyclic amines) is 1. The minimum atomic E-state index is -0.636. The molecule has 1 aliphatic carbocycles. The Morgan fingerprint density at radius 3 is 2.39 bits per heavy atom. The van der Waals surface area contributed by atoms with Crippen LogP contribution in [0.4, 0.5) is 0 Å². The number of carboxylic acids is 1. The fraction of sp³-hybridized carbons (Fsp3) is 0.933. The second kappa shape index (κ2) is 5.60. The summed E-state index contributed by atoms with van der Waals surface area (Å²) in [7, 11) is 0. The lowest BCUT2D eigenvalue weighted by molar-refractivity contribution is -0.146. The highest BCUT2D eigenvalue weighted by Gasteiger charge is 2.39. The van der Waals surface area contributed by atoms with E-state index in [1.54, 1.807) is 0 Å². The van der Waals surface area contributed by atoms with Crippen LogP contribution in [-0.4, -0.2) is 35.1 Å². The van der Waals surface area contributed by atoms with E-state index in [1.807, 2.05) is 6.92 Å². The lowest BCUT2D eigenvalue weighted by Gasteiger charge is -2.48. The topological polar surface area (TPSA) is 40.5 Å². The number of rotatable bonds is 4. The standard InChI is InChI=1S/C15H27NO2/c1-10(2)12-5-4-6-14(7-12)16-8-13(9-16)11(3)15(17)18/h10-14H,4-9H2,1-3H3,(H,17,18). The van der Waals surface area contributed by atoms with Gasteiger partial charge in [-0.2, -0.15) is 0 Å². The lowest BCUT2D eigenvalue weighted by atomic mass is 9.76. The SMILES string of the molecule is CC(C)C1CCCC(N2CC(C(C)C(=O)O)C2)C1. The molecule has 1 saturated heterocycles. The van der Waals surface area contributed by atoms with Crippen LogP contribution in [0.5, 0.6) is 0 Å². The molecule has 0 spiro atoms. The maximum Gasteiger partial charge on any atom is 0.306 e. The molecule has 18 heavy (non-hydrogen) atoms.